The first-order chi connectivity index (χ1) is 15.4. The number of hydrogen-bond acceptors (Lipinski definition) is 7. The quantitative estimate of drug-likeness (QED) is 0.589. The van der Waals surface area contributed by atoms with Crippen LogP contribution in [0.25, 0.3) is 0 Å². The van der Waals surface area contributed by atoms with Gasteiger partial charge in [0.2, 0.25) is 0 Å². The highest BCUT2D eigenvalue weighted by Gasteiger charge is 2.29. The van der Waals surface area contributed by atoms with Crippen molar-refractivity contribution in [3.8, 4) is 0 Å². The summed E-state index contributed by atoms with van der Waals surface area (Å²) in [5.74, 6) is -1.67. The number of amides is 2. The molecule has 1 atom stereocenters. The fourth-order valence-corrected chi connectivity index (χ4v) is 4.88. The summed E-state index contributed by atoms with van der Waals surface area (Å²) in [7, 11) is 0. The molecule has 1 aliphatic carbocycles. The minimum atomic E-state index is -0.741. The van der Waals surface area contributed by atoms with Crippen molar-refractivity contribution in [2.75, 3.05) is 25.1 Å². The van der Waals surface area contributed by atoms with Gasteiger partial charge in [-0.15, -0.1) is 11.3 Å². The molecule has 2 amide bonds. The Morgan fingerprint density at radius 1 is 1.12 bits per heavy atom. The molecule has 1 heterocycles. The molecule has 2 N–H and O–H groups in total. The second-order valence-electron chi connectivity index (χ2n) is 7.53. The fourth-order valence-electron chi connectivity index (χ4n) is 3.46. The maximum absolute atomic E-state index is 12.5. The molecule has 3 rings (SSSR count). The van der Waals surface area contributed by atoms with Crippen LogP contribution in [0.15, 0.2) is 30.3 Å². The first kappa shape index (κ1) is 23.5. The van der Waals surface area contributed by atoms with E-state index in [1.165, 1.54) is 11.3 Å². The molecule has 0 bridgehead atoms. The average molecular weight is 459 g/mol. The molecule has 1 aromatic carbocycles. The van der Waals surface area contributed by atoms with Gasteiger partial charge in [-0.1, -0.05) is 25.1 Å². The maximum atomic E-state index is 12.5. The van der Waals surface area contributed by atoms with Gasteiger partial charge in [0, 0.05) is 10.4 Å². The third kappa shape index (κ3) is 5.94. The van der Waals surface area contributed by atoms with Gasteiger partial charge in [0.05, 0.1) is 12.2 Å². The molecule has 1 unspecified atom stereocenters. The first-order valence-electron chi connectivity index (χ1n) is 10.5. The predicted octanol–water partition coefficient (Wildman–Crippen LogP) is 2.96. The number of hydrogen-bond donors (Lipinski definition) is 2. The molecular weight excluding hydrogens is 432 g/mol. The normalized spacial score (nSPS) is 14.8. The van der Waals surface area contributed by atoms with Crippen LogP contribution in [0.2, 0.25) is 0 Å². The summed E-state index contributed by atoms with van der Waals surface area (Å²) in [5.41, 5.74) is 1.75. The van der Waals surface area contributed by atoms with Crippen LogP contribution in [0, 0.1) is 5.92 Å². The van der Waals surface area contributed by atoms with Gasteiger partial charge in [0.1, 0.15) is 11.5 Å². The van der Waals surface area contributed by atoms with Crippen molar-refractivity contribution in [3.63, 3.8) is 0 Å². The number of nitrogens with one attached hydrogen (secondary N) is 2. The number of rotatable bonds is 8. The highest BCUT2D eigenvalue weighted by Crippen LogP contribution is 2.40. The van der Waals surface area contributed by atoms with Gasteiger partial charge in [-0.25, -0.2) is 4.79 Å². The van der Waals surface area contributed by atoms with Crippen LogP contribution < -0.4 is 10.6 Å². The number of esters is 2. The minimum absolute atomic E-state index is 0.236. The lowest BCUT2D eigenvalue weighted by molar-refractivity contribution is -0.146. The monoisotopic (exact) mass is 458 g/mol. The van der Waals surface area contributed by atoms with E-state index in [9.17, 15) is 19.2 Å². The van der Waals surface area contributed by atoms with E-state index in [2.05, 4.69) is 17.6 Å². The molecule has 8 nitrogen and oxygen atoms in total. The van der Waals surface area contributed by atoms with E-state index in [0.29, 0.717) is 22.0 Å². The lowest BCUT2D eigenvalue weighted by atomic mass is 9.88. The summed E-state index contributed by atoms with van der Waals surface area (Å²) in [5, 5.41) is 5.54. The smallest absolute Gasteiger partial charge is 0.341 e. The van der Waals surface area contributed by atoms with Crippen LogP contribution in [0.4, 0.5) is 5.00 Å². The number of ether oxygens (including phenoxy) is 2. The Kier molecular flexibility index (Phi) is 7.99. The number of benzene rings is 1. The Labute approximate surface area is 190 Å². The van der Waals surface area contributed by atoms with Gasteiger partial charge in [0.15, 0.2) is 6.61 Å². The summed E-state index contributed by atoms with van der Waals surface area (Å²) < 4.78 is 10.1. The van der Waals surface area contributed by atoms with E-state index in [1.54, 1.807) is 37.3 Å². The first-order valence-corrected chi connectivity index (χ1v) is 11.3. The Hall–Kier alpha value is -3.20. The zero-order valence-corrected chi connectivity index (χ0v) is 18.9. The minimum Gasteiger partial charge on any atom is -0.462 e. The van der Waals surface area contributed by atoms with Crippen LogP contribution in [-0.4, -0.2) is 43.5 Å². The summed E-state index contributed by atoms with van der Waals surface area (Å²) in [6, 6.07) is 8.45. The molecule has 32 heavy (non-hydrogen) atoms. The van der Waals surface area contributed by atoms with Gasteiger partial charge in [0.25, 0.3) is 11.8 Å². The molecule has 0 saturated heterocycles. The second kappa shape index (κ2) is 10.9. The number of carbonyl (C=O) groups excluding carboxylic acids is 4. The van der Waals surface area contributed by atoms with Crippen molar-refractivity contribution in [3.05, 3.63) is 51.9 Å². The molecule has 0 saturated carbocycles. The van der Waals surface area contributed by atoms with E-state index in [4.69, 9.17) is 9.47 Å². The van der Waals surface area contributed by atoms with E-state index >= 15 is 0 Å². The van der Waals surface area contributed by atoms with Crippen LogP contribution in [0.1, 0.15) is 51.4 Å². The van der Waals surface area contributed by atoms with Crippen LogP contribution >= 0.6 is 11.3 Å². The molecule has 2 aromatic rings. The SMILES string of the molecule is CCOC(=O)c1c(NC(=O)COC(=O)CNC(=O)c2ccccc2)sc2c1CCC(C)C2. The highest BCUT2D eigenvalue weighted by atomic mass is 32.1. The van der Waals surface area contributed by atoms with Crippen molar-refractivity contribution >= 4 is 40.1 Å². The van der Waals surface area contributed by atoms with Crippen molar-refractivity contribution in [2.24, 2.45) is 5.92 Å². The molecule has 0 fully saturated rings. The van der Waals surface area contributed by atoms with Gasteiger partial charge in [-0.05, 0) is 49.8 Å². The molecule has 0 spiro atoms. The van der Waals surface area contributed by atoms with Crippen LogP contribution in [0.5, 0.6) is 0 Å². The molecule has 170 valence electrons. The number of thiophene rings is 1. The molecule has 1 aliphatic rings. The van der Waals surface area contributed by atoms with Gasteiger partial charge in [-0.2, -0.15) is 0 Å². The fraction of sp³-hybridized carbons (Fsp3) is 0.391. The Balaban J connectivity index is 1.56. The van der Waals surface area contributed by atoms with E-state index < -0.39 is 30.4 Å². The van der Waals surface area contributed by atoms with Gasteiger partial charge in [-0.3, -0.25) is 14.4 Å². The largest absolute Gasteiger partial charge is 0.462 e. The number of fused-ring (bicyclic) bond motifs is 1. The standard InChI is InChI=1S/C23H26N2O6S/c1-3-30-23(29)20-16-10-9-14(2)11-17(16)32-22(20)25-18(26)13-31-19(27)12-24-21(28)15-7-5-4-6-8-15/h4-8,14H,3,9-13H2,1-2H3,(H,24,28)(H,25,26). The average Bonchev–Trinajstić information content (AvgIpc) is 3.13. The summed E-state index contributed by atoms with van der Waals surface area (Å²) in [4.78, 5) is 49.8. The topological polar surface area (TPSA) is 111 Å². The molecule has 1 aromatic heterocycles. The van der Waals surface area contributed by atoms with Gasteiger partial charge < -0.3 is 20.1 Å². The Bertz CT molecular complexity index is 1000. The summed E-state index contributed by atoms with van der Waals surface area (Å²) in [6.45, 7) is 3.23. The zero-order valence-electron chi connectivity index (χ0n) is 18.1. The van der Waals surface area contributed by atoms with E-state index in [1.807, 2.05) is 0 Å². The lowest BCUT2D eigenvalue weighted by Gasteiger charge is -2.18. The molecule has 0 radical (unpaired) electrons. The van der Waals surface area contributed by atoms with Crippen molar-refractivity contribution < 1.29 is 28.7 Å². The summed E-state index contributed by atoms with van der Waals surface area (Å²) >= 11 is 1.36. The third-order valence-corrected chi connectivity index (χ3v) is 6.21. The lowest BCUT2D eigenvalue weighted by Crippen LogP contribution is -2.32. The second-order valence-corrected chi connectivity index (χ2v) is 8.64. The summed E-state index contributed by atoms with van der Waals surface area (Å²) in [6.07, 6.45) is 2.57. The maximum Gasteiger partial charge on any atom is 0.341 e. The molecular formula is C23H26N2O6S. The zero-order chi connectivity index (χ0) is 23.1. The molecule has 0 aliphatic heterocycles. The Morgan fingerprint density at radius 2 is 1.88 bits per heavy atom. The predicted molar refractivity (Wildman–Crippen MR) is 120 cm³/mol. The Morgan fingerprint density at radius 3 is 2.59 bits per heavy atom. The van der Waals surface area contributed by atoms with Gasteiger partial charge >= 0.3 is 11.9 Å². The van der Waals surface area contributed by atoms with Crippen molar-refractivity contribution in [2.45, 2.75) is 33.1 Å². The van der Waals surface area contributed by atoms with Crippen molar-refractivity contribution in [1.29, 1.82) is 0 Å². The van der Waals surface area contributed by atoms with Crippen molar-refractivity contribution in [1.82, 2.24) is 5.32 Å². The number of anilines is 1. The molecule has 9 heteroatoms. The number of carbonyl (C=O) groups is 4. The van der Waals surface area contributed by atoms with E-state index in [0.717, 1.165) is 29.7 Å². The van der Waals surface area contributed by atoms with E-state index in [-0.39, 0.29) is 13.2 Å². The highest BCUT2D eigenvalue weighted by molar-refractivity contribution is 7.17. The van der Waals surface area contributed by atoms with Crippen LogP contribution in [-0.2, 0) is 31.9 Å². The third-order valence-electron chi connectivity index (χ3n) is 5.04. The van der Waals surface area contributed by atoms with Crippen LogP contribution in [0.3, 0.4) is 0 Å².